The Balaban J connectivity index is 1.15. The Morgan fingerprint density at radius 3 is 1.35 bits per heavy atom. The molecule has 0 N–H and O–H groups in total. The van der Waals surface area contributed by atoms with Crippen molar-refractivity contribution >= 4 is 94.2 Å². The molecule has 0 saturated carbocycles. The van der Waals surface area contributed by atoms with E-state index in [9.17, 15) is 0 Å². The van der Waals surface area contributed by atoms with Crippen molar-refractivity contribution in [3.05, 3.63) is 248 Å². The molecule has 0 aliphatic rings. The SMILES string of the molecule is Cc1cc(-n2c3ccccc3c3ccc4c(c5ccccc5n4-c4ccccc4)c32)cc([Si](c2ccccc2)(c2ccccc2)c2ccc3c(c2)c2ccccc2n3-c2ccccc2)c1. The molecule has 3 heterocycles. The largest absolute Gasteiger partial charge is 0.309 e. The van der Waals surface area contributed by atoms with Gasteiger partial charge in [-0.2, -0.15) is 0 Å². The summed E-state index contributed by atoms with van der Waals surface area (Å²) < 4.78 is 7.42. The number of para-hydroxylation sites is 5. The summed E-state index contributed by atoms with van der Waals surface area (Å²) in [5.41, 5.74) is 12.0. The maximum absolute atomic E-state index is 3.05. The molecule has 0 unspecified atom stereocenters. The minimum absolute atomic E-state index is 1.16. The lowest BCUT2D eigenvalue weighted by Gasteiger charge is -2.35. The van der Waals surface area contributed by atoms with E-state index in [2.05, 4.69) is 263 Å². The fourth-order valence-electron chi connectivity index (χ4n) is 11.2. The highest BCUT2D eigenvalue weighted by Crippen LogP contribution is 2.42. The molecule has 0 aliphatic heterocycles. The summed E-state index contributed by atoms with van der Waals surface area (Å²) in [4.78, 5) is 0. The number of aromatic nitrogens is 3. The molecule has 0 amide bonds. The van der Waals surface area contributed by atoms with Gasteiger partial charge in [0.05, 0.1) is 33.1 Å². The second-order valence-electron chi connectivity index (χ2n) is 17.4. The highest BCUT2D eigenvalue weighted by atomic mass is 28.3. The van der Waals surface area contributed by atoms with Crippen LogP contribution < -0.4 is 20.7 Å². The Morgan fingerprint density at radius 2 is 0.738 bits per heavy atom. The summed E-state index contributed by atoms with van der Waals surface area (Å²) in [6.07, 6.45) is 0. The Kier molecular flexibility index (Phi) is 8.45. The highest BCUT2D eigenvalue weighted by Gasteiger charge is 2.42. The Labute approximate surface area is 378 Å². The van der Waals surface area contributed by atoms with Crippen molar-refractivity contribution in [1.29, 1.82) is 0 Å². The minimum atomic E-state index is -3.05. The van der Waals surface area contributed by atoms with Crippen molar-refractivity contribution in [2.75, 3.05) is 0 Å². The van der Waals surface area contributed by atoms with Gasteiger partial charge in [0, 0.05) is 49.4 Å². The monoisotopic (exact) mass is 845 g/mol. The van der Waals surface area contributed by atoms with Crippen LogP contribution in [-0.4, -0.2) is 21.8 Å². The summed E-state index contributed by atoms with van der Waals surface area (Å²) in [6.45, 7) is 2.28. The van der Waals surface area contributed by atoms with Crippen LogP contribution in [0.1, 0.15) is 5.56 Å². The van der Waals surface area contributed by atoms with E-state index in [1.165, 1.54) is 97.4 Å². The van der Waals surface area contributed by atoms with Crippen LogP contribution in [0.4, 0.5) is 0 Å². The quantitative estimate of drug-likeness (QED) is 0.112. The number of rotatable bonds is 7. The van der Waals surface area contributed by atoms with E-state index in [0.717, 1.165) is 11.4 Å². The van der Waals surface area contributed by atoms with Gasteiger partial charge in [-0.3, -0.25) is 0 Å². The zero-order valence-corrected chi connectivity index (χ0v) is 36.9. The molecule has 10 aromatic carbocycles. The predicted molar refractivity (Wildman–Crippen MR) is 278 cm³/mol. The molecule has 13 rings (SSSR count). The molecule has 13 aromatic rings. The zero-order chi connectivity index (χ0) is 43.1. The smallest absolute Gasteiger partial charge is 0.179 e. The van der Waals surface area contributed by atoms with Crippen LogP contribution in [0.15, 0.2) is 243 Å². The van der Waals surface area contributed by atoms with Crippen LogP contribution in [0, 0.1) is 6.92 Å². The lowest BCUT2D eigenvalue weighted by molar-refractivity contribution is 1.17. The van der Waals surface area contributed by atoms with Gasteiger partial charge in [-0.15, -0.1) is 0 Å². The van der Waals surface area contributed by atoms with Crippen molar-refractivity contribution in [2.45, 2.75) is 6.92 Å². The third-order valence-corrected chi connectivity index (χ3v) is 18.5. The van der Waals surface area contributed by atoms with Gasteiger partial charge in [0.2, 0.25) is 0 Å². The van der Waals surface area contributed by atoms with E-state index in [1.807, 2.05) is 0 Å². The molecule has 306 valence electrons. The average Bonchev–Trinajstić information content (AvgIpc) is 4.01. The standard InChI is InChI=1S/C61H43N3Si/c1-42-38-45(64-56-32-18-14-28-50(56)52-35-37-59-60(61(52)64)53-30-16-19-33-57(53)63(59)44-22-8-3-9-23-44)40-49(39-42)65(46-24-10-4-11-25-46,47-26-12-5-13-27-47)48-34-36-58-54(41-48)51-29-15-17-31-55(51)62(58)43-20-6-2-7-21-43/h2-41H,1H3. The molecule has 0 bridgehead atoms. The van der Waals surface area contributed by atoms with Crippen molar-refractivity contribution in [2.24, 2.45) is 0 Å². The lowest BCUT2D eigenvalue weighted by Crippen LogP contribution is -2.74. The lowest BCUT2D eigenvalue weighted by atomic mass is 10.1. The second kappa shape index (κ2) is 14.7. The molecule has 0 fully saturated rings. The summed E-state index contributed by atoms with van der Waals surface area (Å²) in [6, 6.07) is 90.5. The predicted octanol–water partition coefficient (Wildman–Crippen LogP) is 12.7. The first-order valence-corrected chi connectivity index (χ1v) is 24.5. The Morgan fingerprint density at radius 1 is 0.277 bits per heavy atom. The van der Waals surface area contributed by atoms with E-state index < -0.39 is 8.07 Å². The van der Waals surface area contributed by atoms with Crippen molar-refractivity contribution in [3.8, 4) is 17.1 Å². The third kappa shape index (κ3) is 5.54. The van der Waals surface area contributed by atoms with Crippen LogP contribution >= 0.6 is 0 Å². The summed E-state index contributed by atoms with van der Waals surface area (Å²) >= 11 is 0. The number of benzene rings is 10. The minimum Gasteiger partial charge on any atom is -0.309 e. The van der Waals surface area contributed by atoms with E-state index in [0.29, 0.717) is 0 Å². The summed E-state index contributed by atoms with van der Waals surface area (Å²) in [5, 5.41) is 12.9. The average molecular weight is 846 g/mol. The maximum atomic E-state index is 2.57. The summed E-state index contributed by atoms with van der Waals surface area (Å²) in [7, 11) is -3.05. The van der Waals surface area contributed by atoms with Gasteiger partial charge in [-0.1, -0.05) is 176 Å². The Hall–Kier alpha value is -8.18. The normalized spacial score (nSPS) is 12.1. The molecule has 4 heteroatoms. The van der Waals surface area contributed by atoms with Gasteiger partial charge in [0.15, 0.2) is 8.07 Å². The topological polar surface area (TPSA) is 14.8 Å². The van der Waals surface area contributed by atoms with Crippen molar-refractivity contribution < 1.29 is 0 Å². The molecule has 65 heavy (non-hydrogen) atoms. The Bertz CT molecular complexity index is 3900. The fourth-order valence-corrected chi connectivity index (χ4v) is 16.1. The fraction of sp³-hybridized carbons (Fsp3) is 0.0164. The van der Waals surface area contributed by atoms with Gasteiger partial charge in [0.1, 0.15) is 0 Å². The van der Waals surface area contributed by atoms with E-state index in [-0.39, 0.29) is 0 Å². The van der Waals surface area contributed by atoms with Crippen molar-refractivity contribution in [3.63, 3.8) is 0 Å². The van der Waals surface area contributed by atoms with Crippen LogP contribution in [0.25, 0.3) is 82.5 Å². The highest BCUT2D eigenvalue weighted by molar-refractivity contribution is 7.20. The van der Waals surface area contributed by atoms with Gasteiger partial charge in [-0.25, -0.2) is 0 Å². The number of hydrogen-bond donors (Lipinski definition) is 0. The van der Waals surface area contributed by atoms with E-state index in [1.54, 1.807) is 0 Å². The molecule has 0 atom stereocenters. The molecule has 0 saturated heterocycles. The van der Waals surface area contributed by atoms with Crippen LogP contribution in [0.5, 0.6) is 0 Å². The number of aryl methyl sites for hydroxylation is 1. The van der Waals surface area contributed by atoms with Gasteiger partial charge in [0.25, 0.3) is 0 Å². The van der Waals surface area contributed by atoms with Crippen LogP contribution in [0.3, 0.4) is 0 Å². The maximum Gasteiger partial charge on any atom is 0.179 e. The number of hydrogen-bond acceptors (Lipinski definition) is 0. The third-order valence-electron chi connectivity index (χ3n) is 13.8. The zero-order valence-electron chi connectivity index (χ0n) is 35.9. The van der Waals surface area contributed by atoms with Crippen LogP contribution in [-0.2, 0) is 0 Å². The van der Waals surface area contributed by atoms with Gasteiger partial charge >= 0.3 is 0 Å². The second-order valence-corrected chi connectivity index (χ2v) is 21.2. The summed E-state index contributed by atoms with van der Waals surface area (Å²) in [5.74, 6) is 0. The van der Waals surface area contributed by atoms with Gasteiger partial charge in [-0.05, 0) is 100.0 Å². The molecule has 3 aromatic heterocycles. The molecular formula is C61H43N3Si. The van der Waals surface area contributed by atoms with E-state index >= 15 is 0 Å². The molecule has 3 nitrogen and oxygen atoms in total. The first kappa shape index (κ1) is 37.4. The van der Waals surface area contributed by atoms with Crippen LogP contribution in [0.2, 0.25) is 0 Å². The first-order chi connectivity index (χ1) is 32.2. The van der Waals surface area contributed by atoms with E-state index in [4.69, 9.17) is 0 Å². The van der Waals surface area contributed by atoms with Crippen molar-refractivity contribution in [1.82, 2.24) is 13.7 Å². The van der Waals surface area contributed by atoms with Gasteiger partial charge < -0.3 is 13.7 Å². The number of nitrogens with zero attached hydrogens (tertiary/aromatic N) is 3. The molecule has 0 spiro atoms. The number of fused-ring (bicyclic) bond motifs is 10. The molecular weight excluding hydrogens is 803 g/mol. The molecule has 0 radical (unpaired) electrons. The molecule has 0 aliphatic carbocycles. The first-order valence-electron chi connectivity index (χ1n) is 22.5.